The van der Waals surface area contributed by atoms with E-state index in [-0.39, 0.29) is 5.91 Å². The van der Waals surface area contributed by atoms with Crippen LogP contribution >= 0.6 is 11.3 Å². The lowest BCUT2D eigenvalue weighted by Crippen LogP contribution is -2.60. The molecule has 1 aliphatic carbocycles. The molecule has 2 aromatic rings. The average Bonchev–Trinajstić information content (AvgIpc) is 3.43. The number of rotatable bonds is 2. The van der Waals surface area contributed by atoms with Gasteiger partial charge in [-0.15, -0.1) is 0 Å². The largest absolute Gasteiger partial charge is 0.331 e. The van der Waals surface area contributed by atoms with Crippen molar-refractivity contribution < 1.29 is 4.79 Å². The van der Waals surface area contributed by atoms with Gasteiger partial charge in [0.05, 0.1) is 11.7 Å². The molecule has 30 heavy (non-hydrogen) atoms. The Morgan fingerprint density at radius 3 is 2.90 bits per heavy atom. The lowest BCUT2D eigenvalue weighted by atomic mass is 9.68. The van der Waals surface area contributed by atoms with Gasteiger partial charge in [0.2, 0.25) is 0 Å². The van der Waals surface area contributed by atoms with Crippen LogP contribution < -0.4 is 0 Å². The van der Waals surface area contributed by atoms with E-state index in [0.29, 0.717) is 17.9 Å². The molecule has 158 valence electrons. The number of thiazole rings is 1. The Hall–Kier alpha value is -1.92. The number of hydrogen-bond donors (Lipinski definition) is 0. The number of aryl methyl sites for hydroxylation is 1. The Morgan fingerprint density at radius 1 is 1.17 bits per heavy atom. The molecular weight excluding hydrogens is 392 g/mol. The van der Waals surface area contributed by atoms with E-state index in [1.165, 1.54) is 56.5 Å². The van der Waals surface area contributed by atoms with E-state index < -0.39 is 0 Å². The molecular formula is C24H30N4OS. The summed E-state index contributed by atoms with van der Waals surface area (Å²) in [6.07, 6.45) is 14.2. The van der Waals surface area contributed by atoms with Crippen molar-refractivity contribution in [1.29, 1.82) is 0 Å². The molecule has 2 bridgehead atoms. The van der Waals surface area contributed by atoms with Gasteiger partial charge in [0.1, 0.15) is 4.88 Å². The van der Waals surface area contributed by atoms with Crippen LogP contribution in [0.15, 0.2) is 36.2 Å². The molecule has 0 unspecified atom stereocenters. The summed E-state index contributed by atoms with van der Waals surface area (Å²) in [7, 11) is 0. The van der Waals surface area contributed by atoms with Gasteiger partial charge >= 0.3 is 0 Å². The van der Waals surface area contributed by atoms with Crippen molar-refractivity contribution >= 4 is 17.2 Å². The summed E-state index contributed by atoms with van der Waals surface area (Å²) in [5, 5.41) is 0.881. The Bertz CT molecular complexity index is 978. The van der Waals surface area contributed by atoms with Gasteiger partial charge in [-0.2, -0.15) is 0 Å². The van der Waals surface area contributed by atoms with Crippen LogP contribution in [0, 0.1) is 18.8 Å². The summed E-state index contributed by atoms with van der Waals surface area (Å²) in [5.74, 6) is 1.49. The van der Waals surface area contributed by atoms with Crippen molar-refractivity contribution in [3.05, 3.63) is 46.7 Å². The molecule has 3 saturated heterocycles. The van der Waals surface area contributed by atoms with E-state index in [1.807, 2.05) is 36.0 Å². The summed E-state index contributed by atoms with van der Waals surface area (Å²) >= 11 is 1.53. The van der Waals surface area contributed by atoms with Crippen LogP contribution in [0.3, 0.4) is 0 Å². The molecule has 6 heteroatoms. The number of carbonyl (C=O) groups is 1. The molecule has 0 aromatic carbocycles. The molecule has 3 fully saturated rings. The quantitative estimate of drug-likeness (QED) is 0.679. The second-order valence-corrected chi connectivity index (χ2v) is 10.5. The number of amides is 1. The maximum absolute atomic E-state index is 13.7. The van der Waals surface area contributed by atoms with Gasteiger partial charge in [-0.3, -0.25) is 9.69 Å². The molecule has 2 aromatic heterocycles. The van der Waals surface area contributed by atoms with Crippen molar-refractivity contribution in [2.24, 2.45) is 11.8 Å². The van der Waals surface area contributed by atoms with E-state index in [4.69, 9.17) is 4.98 Å². The van der Waals surface area contributed by atoms with Crippen LogP contribution in [0.5, 0.6) is 0 Å². The van der Waals surface area contributed by atoms with Crippen molar-refractivity contribution in [2.45, 2.75) is 57.5 Å². The van der Waals surface area contributed by atoms with Gasteiger partial charge in [0, 0.05) is 31.5 Å². The number of fused-ring (bicyclic) bond motifs is 6. The van der Waals surface area contributed by atoms with Crippen LogP contribution in [-0.4, -0.2) is 57.0 Å². The Kier molecular flexibility index (Phi) is 4.61. The van der Waals surface area contributed by atoms with Crippen molar-refractivity contribution in [2.75, 3.05) is 19.6 Å². The minimum atomic E-state index is 0.193. The standard InChI is InChI=1S/C24H30N4OS/c1-16-22(30-24(25-16)26-9-4-5-10-26)23(29)28-12-6-7-17-13-18-14-19(21(17)28)15-27-11-3-2-8-20(18)27/h4-5,9-10,13,18-21H,2-3,6-8,11-12,14-15H2,1H3/t18-,19-,20-,21+/m0/s1. The highest BCUT2D eigenvalue weighted by molar-refractivity contribution is 7.16. The third-order valence-corrected chi connectivity index (χ3v) is 8.88. The Morgan fingerprint density at radius 2 is 2.03 bits per heavy atom. The third-order valence-electron chi connectivity index (χ3n) is 7.72. The molecule has 0 spiro atoms. The molecule has 0 saturated carbocycles. The molecule has 6 rings (SSSR count). The number of nitrogens with zero attached hydrogens (tertiary/aromatic N) is 4. The number of likely N-dealkylation sites (tertiary alicyclic amines) is 1. The zero-order valence-electron chi connectivity index (χ0n) is 17.7. The van der Waals surface area contributed by atoms with Gasteiger partial charge in [-0.1, -0.05) is 29.4 Å². The summed E-state index contributed by atoms with van der Waals surface area (Å²) in [4.78, 5) is 24.2. The van der Waals surface area contributed by atoms with Crippen LogP contribution in [0.1, 0.15) is 53.9 Å². The van der Waals surface area contributed by atoms with Crippen molar-refractivity contribution in [3.8, 4) is 5.13 Å². The molecule has 3 aliphatic heterocycles. The normalized spacial score (nSPS) is 31.1. The first-order valence-electron chi connectivity index (χ1n) is 11.6. The Labute approximate surface area is 182 Å². The number of piperidine rings is 3. The molecule has 1 amide bonds. The maximum atomic E-state index is 13.7. The minimum absolute atomic E-state index is 0.193. The van der Waals surface area contributed by atoms with E-state index in [9.17, 15) is 4.79 Å². The summed E-state index contributed by atoms with van der Waals surface area (Å²) < 4.78 is 2.00. The molecule has 4 atom stereocenters. The average molecular weight is 423 g/mol. The predicted octanol–water partition coefficient (Wildman–Crippen LogP) is 4.28. The first-order valence-corrected chi connectivity index (χ1v) is 12.4. The zero-order valence-corrected chi connectivity index (χ0v) is 18.5. The number of aromatic nitrogens is 2. The fourth-order valence-corrected chi connectivity index (χ4v) is 7.47. The minimum Gasteiger partial charge on any atom is -0.331 e. The van der Waals surface area contributed by atoms with Gasteiger partial charge in [0.25, 0.3) is 5.91 Å². The van der Waals surface area contributed by atoms with E-state index in [2.05, 4.69) is 15.9 Å². The lowest BCUT2D eigenvalue weighted by Gasteiger charge is -2.54. The lowest BCUT2D eigenvalue weighted by molar-refractivity contribution is 0.00159. The fraction of sp³-hybridized carbons (Fsp3) is 0.583. The van der Waals surface area contributed by atoms with E-state index in [1.54, 1.807) is 5.57 Å². The summed E-state index contributed by atoms with van der Waals surface area (Å²) in [6.45, 7) is 5.27. The molecule has 0 N–H and O–H groups in total. The zero-order chi connectivity index (χ0) is 20.2. The first kappa shape index (κ1) is 18.8. The highest BCUT2D eigenvalue weighted by Crippen LogP contribution is 2.45. The van der Waals surface area contributed by atoms with Crippen molar-refractivity contribution in [3.63, 3.8) is 0 Å². The van der Waals surface area contributed by atoms with Crippen LogP contribution in [0.2, 0.25) is 0 Å². The number of carbonyl (C=O) groups excluding carboxylic acids is 1. The highest BCUT2D eigenvalue weighted by Gasteiger charge is 2.47. The smallest absolute Gasteiger partial charge is 0.266 e. The topological polar surface area (TPSA) is 41.4 Å². The third kappa shape index (κ3) is 2.99. The molecule has 4 aliphatic rings. The van der Waals surface area contributed by atoms with Gasteiger partial charge < -0.3 is 9.47 Å². The van der Waals surface area contributed by atoms with Gasteiger partial charge in [0.15, 0.2) is 5.13 Å². The second-order valence-electron chi connectivity index (χ2n) is 9.51. The second kappa shape index (κ2) is 7.34. The van der Waals surface area contributed by atoms with E-state index >= 15 is 0 Å². The number of hydrogen-bond acceptors (Lipinski definition) is 4. The molecule has 0 radical (unpaired) electrons. The fourth-order valence-electron chi connectivity index (χ4n) is 6.48. The van der Waals surface area contributed by atoms with Crippen molar-refractivity contribution in [1.82, 2.24) is 19.4 Å². The van der Waals surface area contributed by atoms with Crippen LogP contribution in [0.4, 0.5) is 0 Å². The van der Waals surface area contributed by atoms with Crippen LogP contribution in [0.25, 0.3) is 5.13 Å². The SMILES string of the molecule is Cc1nc(-n2cccc2)sc1C(=O)N1CCCC2=C[C@H]3C[C@@H](CN4CCCC[C@@H]34)[C@@H]21. The maximum Gasteiger partial charge on any atom is 0.266 e. The monoisotopic (exact) mass is 422 g/mol. The van der Waals surface area contributed by atoms with Crippen LogP contribution in [-0.2, 0) is 0 Å². The summed E-state index contributed by atoms with van der Waals surface area (Å²) in [6, 6.07) is 5.04. The van der Waals surface area contributed by atoms with Gasteiger partial charge in [-0.25, -0.2) is 4.98 Å². The first-order chi connectivity index (χ1) is 14.7. The summed E-state index contributed by atoms with van der Waals surface area (Å²) in [5.41, 5.74) is 2.41. The Balaban J connectivity index is 1.31. The highest BCUT2D eigenvalue weighted by atomic mass is 32.1. The molecule has 5 heterocycles. The predicted molar refractivity (Wildman–Crippen MR) is 119 cm³/mol. The van der Waals surface area contributed by atoms with Gasteiger partial charge in [-0.05, 0) is 69.5 Å². The molecule has 5 nitrogen and oxygen atoms in total. The van der Waals surface area contributed by atoms with E-state index in [0.717, 1.165) is 34.7 Å².